The van der Waals surface area contributed by atoms with E-state index in [1.54, 1.807) is 12.1 Å². The van der Waals surface area contributed by atoms with Crippen LogP contribution in [0.1, 0.15) is 28.8 Å². The van der Waals surface area contributed by atoms with Crippen LogP contribution in [0.15, 0.2) is 36.4 Å². The van der Waals surface area contributed by atoms with Gasteiger partial charge in [-0.15, -0.1) is 0 Å². The third-order valence-corrected chi connectivity index (χ3v) is 5.01. The highest BCUT2D eigenvalue weighted by molar-refractivity contribution is 6.01. The lowest BCUT2D eigenvalue weighted by Crippen LogP contribution is -2.50. The van der Waals surface area contributed by atoms with Crippen molar-refractivity contribution >= 4 is 29.4 Å². The third kappa shape index (κ3) is 5.74. The van der Waals surface area contributed by atoms with E-state index in [9.17, 15) is 19.2 Å². The molecule has 180 valence electrons. The smallest absolute Gasteiger partial charge is 0.338 e. The van der Waals surface area contributed by atoms with E-state index in [1.165, 1.54) is 45.6 Å². The second kappa shape index (κ2) is 11.0. The second-order valence-corrected chi connectivity index (χ2v) is 7.18. The highest BCUT2D eigenvalue weighted by atomic mass is 16.5. The molecule has 0 aromatic heterocycles. The Hall–Kier alpha value is -4.28. The molecule has 1 saturated heterocycles. The molecule has 0 bridgehead atoms. The van der Waals surface area contributed by atoms with Gasteiger partial charge in [0.15, 0.2) is 18.1 Å². The number of hydrogen-bond donors (Lipinski definition) is 2. The number of nitrogens with one attached hydrogen (secondary N) is 2. The molecular weight excluding hydrogens is 446 g/mol. The van der Waals surface area contributed by atoms with Gasteiger partial charge in [-0.2, -0.15) is 0 Å². The largest absolute Gasteiger partial charge is 0.496 e. The number of carbonyl (C=O) groups is 4. The lowest BCUT2D eigenvalue weighted by molar-refractivity contribution is -0.130. The van der Waals surface area contributed by atoms with Crippen LogP contribution in [0.3, 0.4) is 0 Å². The van der Waals surface area contributed by atoms with Gasteiger partial charge in [0, 0.05) is 31.0 Å². The Morgan fingerprint density at radius 2 is 1.59 bits per heavy atom. The Balaban J connectivity index is 1.54. The Morgan fingerprint density at radius 1 is 0.941 bits per heavy atom. The van der Waals surface area contributed by atoms with Crippen LogP contribution < -0.4 is 30.0 Å². The zero-order valence-electron chi connectivity index (χ0n) is 19.0. The van der Waals surface area contributed by atoms with Crippen molar-refractivity contribution in [3.05, 3.63) is 47.5 Å². The number of nitrogens with zero attached hydrogens (tertiary/aromatic N) is 1. The van der Waals surface area contributed by atoms with Crippen LogP contribution in [0, 0.1) is 0 Å². The summed E-state index contributed by atoms with van der Waals surface area (Å²) < 4.78 is 20.9. The first-order valence-electron chi connectivity index (χ1n) is 10.3. The number of benzene rings is 2. The van der Waals surface area contributed by atoms with Crippen molar-refractivity contribution in [2.45, 2.75) is 19.4 Å². The van der Waals surface area contributed by atoms with Gasteiger partial charge in [0.1, 0.15) is 5.75 Å². The molecule has 1 aliphatic rings. The summed E-state index contributed by atoms with van der Waals surface area (Å²) >= 11 is 0. The maximum Gasteiger partial charge on any atom is 0.338 e. The number of rotatable bonds is 9. The van der Waals surface area contributed by atoms with Gasteiger partial charge in [0.2, 0.25) is 11.8 Å². The zero-order chi connectivity index (χ0) is 24.7. The normalized spacial score (nSPS) is 13.1. The first kappa shape index (κ1) is 24.4. The van der Waals surface area contributed by atoms with Gasteiger partial charge in [-0.1, -0.05) is 0 Å². The molecule has 11 nitrogen and oxygen atoms in total. The van der Waals surface area contributed by atoms with E-state index in [1.807, 2.05) is 0 Å². The van der Waals surface area contributed by atoms with Crippen LogP contribution in [0.25, 0.3) is 0 Å². The number of esters is 1. The van der Waals surface area contributed by atoms with E-state index in [0.29, 0.717) is 28.5 Å². The van der Waals surface area contributed by atoms with E-state index in [2.05, 4.69) is 10.7 Å². The van der Waals surface area contributed by atoms with Crippen molar-refractivity contribution in [2.24, 2.45) is 0 Å². The molecule has 1 aliphatic heterocycles. The first-order chi connectivity index (χ1) is 16.4. The lowest BCUT2D eigenvalue weighted by atomic mass is 10.1. The van der Waals surface area contributed by atoms with E-state index in [0.717, 1.165) is 5.01 Å². The van der Waals surface area contributed by atoms with Crippen LogP contribution >= 0.6 is 0 Å². The van der Waals surface area contributed by atoms with Crippen LogP contribution in [-0.4, -0.2) is 51.6 Å². The summed E-state index contributed by atoms with van der Waals surface area (Å²) in [5.74, 6) is -0.270. The summed E-state index contributed by atoms with van der Waals surface area (Å²) in [6, 6.07) is 9.22. The lowest BCUT2D eigenvalue weighted by Gasteiger charge is -2.27. The van der Waals surface area contributed by atoms with Gasteiger partial charge in [-0.3, -0.25) is 19.8 Å². The predicted molar refractivity (Wildman–Crippen MR) is 120 cm³/mol. The Bertz CT molecular complexity index is 1080. The van der Waals surface area contributed by atoms with Gasteiger partial charge >= 0.3 is 5.97 Å². The van der Waals surface area contributed by atoms with Gasteiger partial charge in [-0.05, 0) is 30.3 Å². The molecule has 3 amide bonds. The van der Waals surface area contributed by atoms with Gasteiger partial charge in [0.25, 0.3) is 5.91 Å². The quantitative estimate of drug-likeness (QED) is 0.524. The van der Waals surface area contributed by atoms with E-state index in [-0.39, 0.29) is 36.8 Å². The number of amides is 3. The number of hydrazine groups is 1. The van der Waals surface area contributed by atoms with Crippen molar-refractivity contribution in [1.29, 1.82) is 0 Å². The Kier molecular flexibility index (Phi) is 7.91. The molecule has 34 heavy (non-hydrogen) atoms. The minimum Gasteiger partial charge on any atom is -0.496 e. The fraction of sp³-hybridized carbons (Fsp3) is 0.304. The maximum atomic E-state index is 12.3. The zero-order valence-corrected chi connectivity index (χ0v) is 19.0. The Labute approximate surface area is 195 Å². The van der Waals surface area contributed by atoms with Gasteiger partial charge < -0.3 is 24.3 Å². The molecular formula is C23H25N3O8. The van der Waals surface area contributed by atoms with Crippen molar-refractivity contribution in [3.63, 3.8) is 0 Å². The summed E-state index contributed by atoms with van der Waals surface area (Å²) in [6.07, 6.45) is 0.251. The molecule has 0 unspecified atom stereocenters. The molecule has 2 aromatic carbocycles. The minimum absolute atomic E-state index is 0.111. The molecule has 3 rings (SSSR count). The molecule has 1 heterocycles. The summed E-state index contributed by atoms with van der Waals surface area (Å²) in [5.41, 5.74) is 3.72. The highest BCUT2D eigenvalue weighted by Crippen LogP contribution is 2.34. The van der Waals surface area contributed by atoms with Crippen LogP contribution in [0.5, 0.6) is 17.2 Å². The summed E-state index contributed by atoms with van der Waals surface area (Å²) in [7, 11) is 4.50. The molecule has 0 atom stereocenters. The number of methoxy groups -OCH3 is 3. The fourth-order valence-electron chi connectivity index (χ4n) is 3.22. The summed E-state index contributed by atoms with van der Waals surface area (Å²) in [5, 5.41) is 3.79. The van der Waals surface area contributed by atoms with Crippen LogP contribution in [0.2, 0.25) is 0 Å². The monoisotopic (exact) mass is 471 g/mol. The second-order valence-electron chi connectivity index (χ2n) is 7.18. The van der Waals surface area contributed by atoms with Crippen LogP contribution in [0.4, 0.5) is 5.69 Å². The standard InChI is InChI=1S/C23H25N3O8/c1-31-17-11-19(33-3)18(32-2)10-15(17)12-24-21(28)13-34-23(30)14-4-6-16(7-5-14)26-22(29)9-8-20(27)25-26/h4-7,10-11H,8-9,12-13H2,1-3H3,(H,24,28)(H,25,27). The first-order valence-corrected chi connectivity index (χ1v) is 10.3. The molecule has 2 N–H and O–H groups in total. The molecule has 1 fully saturated rings. The Morgan fingerprint density at radius 3 is 2.24 bits per heavy atom. The third-order valence-electron chi connectivity index (χ3n) is 5.01. The molecule has 0 aliphatic carbocycles. The fourth-order valence-corrected chi connectivity index (χ4v) is 3.22. The number of hydrogen-bond acceptors (Lipinski definition) is 8. The van der Waals surface area contributed by atoms with Crippen molar-refractivity contribution in [1.82, 2.24) is 10.7 Å². The van der Waals surface area contributed by atoms with Crippen molar-refractivity contribution in [2.75, 3.05) is 32.9 Å². The van der Waals surface area contributed by atoms with Crippen molar-refractivity contribution in [3.8, 4) is 17.2 Å². The molecule has 0 saturated carbocycles. The average Bonchev–Trinajstić information content (AvgIpc) is 2.86. The van der Waals surface area contributed by atoms with E-state index >= 15 is 0 Å². The van der Waals surface area contributed by atoms with E-state index in [4.69, 9.17) is 18.9 Å². The number of carbonyl (C=O) groups excluding carboxylic acids is 4. The summed E-state index contributed by atoms with van der Waals surface area (Å²) in [4.78, 5) is 48.0. The molecule has 11 heteroatoms. The van der Waals surface area contributed by atoms with E-state index < -0.39 is 18.5 Å². The predicted octanol–water partition coefficient (Wildman–Crippen LogP) is 1.34. The number of anilines is 1. The number of ether oxygens (including phenoxy) is 4. The minimum atomic E-state index is -0.709. The SMILES string of the molecule is COc1cc(OC)c(OC)cc1CNC(=O)COC(=O)c1ccc(N2NC(=O)CCC2=O)cc1. The van der Waals surface area contributed by atoms with Gasteiger partial charge in [-0.25, -0.2) is 9.80 Å². The van der Waals surface area contributed by atoms with Crippen LogP contribution in [-0.2, 0) is 25.7 Å². The molecule has 2 aromatic rings. The topological polar surface area (TPSA) is 132 Å². The highest BCUT2D eigenvalue weighted by Gasteiger charge is 2.24. The maximum absolute atomic E-state index is 12.3. The summed E-state index contributed by atoms with van der Waals surface area (Å²) in [6.45, 7) is -0.374. The molecule has 0 radical (unpaired) electrons. The van der Waals surface area contributed by atoms with Crippen molar-refractivity contribution < 1.29 is 38.1 Å². The molecule has 0 spiro atoms. The van der Waals surface area contributed by atoms with Gasteiger partial charge in [0.05, 0.1) is 32.6 Å². The average molecular weight is 471 g/mol.